The molecule has 0 aromatic carbocycles. The molecule has 9 heteroatoms. The maximum absolute atomic E-state index is 12.4. The Morgan fingerprint density at radius 2 is 2.26 bits per heavy atom. The highest BCUT2D eigenvalue weighted by Gasteiger charge is 2.19. The number of carbonyl (C=O) groups is 1. The Hall–Kier alpha value is -3.23. The Morgan fingerprint density at radius 1 is 1.37 bits per heavy atom. The third kappa shape index (κ3) is 3.81. The number of aryl methyl sites for hydroxylation is 1. The number of carbonyl (C=O) groups excluding carboxylic acids is 1. The van der Waals surface area contributed by atoms with Crippen LogP contribution in [0.1, 0.15) is 35.7 Å². The normalized spacial score (nSPS) is 13.2. The van der Waals surface area contributed by atoms with Crippen molar-refractivity contribution in [2.75, 3.05) is 7.05 Å². The van der Waals surface area contributed by atoms with Gasteiger partial charge in [-0.25, -0.2) is 4.79 Å². The van der Waals surface area contributed by atoms with Crippen molar-refractivity contribution in [3.8, 4) is 11.4 Å². The summed E-state index contributed by atoms with van der Waals surface area (Å²) in [5.41, 5.74) is 4.18. The predicted octanol–water partition coefficient (Wildman–Crippen LogP) is 2.08. The average molecular weight is 367 g/mol. The number of urea groups is 1. The van der Waals surface area contributed by atoms with Gasteiger partial charge in [-0.2, -0.15) is 10.1 Å². The number of hydrogen-bond acceptors (Lipinski definition) is 6. The minimum absolute atomic E-state index is 0.162. The van der Waals surface area contributed by atoms with Gasteiger partial charge in [-0.1, -0.05) is 5.16 Å². The minimum Gasteiger partial charge on any atom is -0.337 e. The van der Waals surface area contributed by atoms with Gasteiger partial charge in [-0.3, -0.25) is 10.1 Å². The van der Waals surface area contributed by atoms with Crippen LogP contribution in [0.25, 0.3) is 11.4 Å². The number of nitrogens with one attached hydrogen (secondary N) is 2. The summed E-state index contributed by atoms with van der Waals surface area (Å²) in [6, 6.07) is 3.43. The number of aromatic nitrogens is 5. The van der Waals surface area contributed by atoms with Gasteiger partial charge in [0.25, 0.3) is 0 Å². The molecule has 3 aromatic rings. The lowest BCUT2D eigenvalue weighted by molar-refractivity contribution is 0.204. The van der Waals surface area contributed by atoms with Gasteiger partial charge in [-0.15, -0.1) is 0 Å². The molecule has 9 nitrogen and oxygen atoms in total. The molecule has 0 atom stereocenters. The fourth-order valence-corrected chi connectivity index (χ4v) is 3.20. The minimum atomic E-state index is -0.219. The van der Waals surface area contributed by atoms with Gasteiger partial charge in [0.05, 0.1) is 18.8 Å². The number of fused-ring (bicyclic) bond motifs is 1. The van der Waals surface area contributed by atoms with Crippen molar-refractivity contribution >= 4 is 6.03 Å². The van der Waals surface area contributed by atoms with E-state index < -0.39 is 0 Å². The molecule has 0 bridgehead atoms. The molecule has 3 aromatic heterocycles. The molecule has 0 radical (unpaired) electrons. The largest absolute Gasteiger partial charge is 0.337 e. The van der Waals surface area contributed by atoms with Crippen LogP contribution in [0, 0.1) is 0 Å². The molecule has 1 aliphatic rings. The zero-order valence-corrected chi connectivity index (χ0v) is 15.1. The smallest absolute Gasteiger partial charge is 0.317 e. The molecule has 1 aliphatic carbocycles. The van der Waals surface area contributed by atoms with E-state index in [-0.39, 0.29) is 12.6 Å². The summed E-state index contributed by atoms with van der Waals surface area (Å²) in [5.74, 6) is 0.789. The summed E-state index contributed by atoms with van der Waals surface area (Å²) in [7, 11) is 1.74. The molecule has 4 rings (SSSR count). The fraction of sp³-hybridized carbons (Fsp3) is 0.389. The SMILES string of the molecule is CN(Cc1n[nH]c2c1CCCC2)C(=O)NCc1nc(-c2cccnc2)no1. The van der Waals surface area contributed by atoms with Gasteiger partial charge >= 0.3 is 6.03 Å². The van der Waals surface area contributed by atoms with Crippen LogP contribution in [-0.4, -0.2) is 43.3 Å². The van der Waals surface area contributed by atoms with E-state index in [2.05, 4.69) is 30.6 Å². The Morgan fingerprint density at radius 3 is 3.11 bits per heavy atom. The molecule has 0 saturated carbocycles. The number of amides is 2. The maximum atomic E-state index is 12.4. The maximum Gasteiger partial charge on any atom is 0.317 e. The Kier molecular flexibility index (Phi) is 4.82. The van der Waals surface area contributed by atoms with Crippen LogP contribution in [0.2, 0.25) is 0 Å². The summed E-state index contributed by atoms with van der Waals surface area (Å²) in [5, 5.41) is 14.2. The molecule has 2 amide bonds. The van der Waals surface area contributed by atoms with Crippen molar-refractivity contribution in [1.82, 2.24) is 35.5 Å². The molecule has 0 fully saturated rings. The number of aromatic amines is 1. The second kappa shape index (κ2) is 7.56. The third-order valence-corrected chi connectivity index (χ3v) is 4.65. The molecule has 0 aliphatic heterocycles. The number of pyridine rings is 1. The lowest BCUT2D eigenvalue weighted by atomic mass is 9.96. The zero-order chi connectivity index (χ0) is 18.6. The zero-order valence-electron chi connectivity index (χ0n) is 15.1. The molecule has 140 valence electrons. The summed E-state index contributed by atoms with van der Waals surface area (Å²) in [6.45, 7) is 0.623. The van der Waals surface area contributed by atoms with Crippen molar-refractivity contribution in [1.29, 1.82) is 0 Å². The standard InChI is InChI=1S/C18H21N7O2/c1-25(11-15-13-6-2-3-7-14(13)22-23-15)18(26)20-10-16-21-17(24-27-16)12-5-4-8-19-9-12/h4-5,8-9H,2-3,6-7,10-11H2,1H3,(H,20,26)(H,22,23). The first-order chi connectivity index (χ1) is 13.2. The Labute approximate surface area is 156 Å². The number of nitrogens with zero attached hydrogens (tertiary/aromatic N) is 5. The summed E-state index contributed by atoms with van der Waals surface area (Å²) >= 11 is 0. The lowest BCUT2D eigenvalue weighted by Gasteiger charge is -2.18. The fourth-order valence-electron chi connectivity index (χ4n) is 3.20. The van der Waals surface area contributed by atoms with E-state index in [0.717, 1.165) is 24.1 Å². The molecule has 0 saturated heterocycles. The van der Waals surface area contributed by atoms with E-state index >= 15 is 0 Å². The lowest BCUT2D eigenvalue weighted by Crippen LogP contribution is -2.36. The van der Waals surface area contributed by atoms with Gasteiger partial charge in [0.1, 0.15) is 0 Å². The first kappa shape index (κ1) is 17.2. The van der Waals surface area contributed by atoms with Gasteiger partial charge in [0.15, 0.2) is 0 Å². The van der Waals surface area contributed by atoms with Crippen LogP contribution in [0.15, 0.2) is 29.0 Å². The van der Waals surface area contributed by atoms with Gasteiger partial charge < -0.3 is 14.7 Å². The van der Waals surface area contributed by atoms with Gasteiger partial charge in [-0.05, 0) is 43.4 Å². The number of rotatable bonds is 5. The monoisotopic (exact) mass is 367 g/mol. The average Bonchev–Trinajstić information content (AvgIpc) is 3.34. The van der Waals surface area contributed by atoms with Gasteiger partial charge in [0, 0.05) is 30.7 Å². The molecular formula is C18H21N7O2. The highest BCUT2D eigenvalue weighted by atomic mass is 16.5. The van der Waals surface area contributed by atoms with Crippen molar-refractivity contribution in [2.24, 2.45) is 0 Å². The van der Waals surface area contributed by atoms with Crippen LogP contribution in [0.5, 0.6) is 0 Å². The van der Waals surface area contributed by atoms with Crippen LogP contribution in [-0.2, 0) is 25.9 Å². The molecule has 27 heavy (non-hydrogen) atoms. The van der Waals surface area contributed by atoms with Crippen molar-refractivity contribution in [3.05, 3.63) is 47.4 Å². The highest BCUT2D eigenvalue weighted by molar-refractivity contribution is 5.73. The van der Waals surface area contributed by atoms with Crippen LogP contribution in [0.4, 0.5) is 4.79 Å². The van der Waals surface area contributed by atoms with Crippen LogP contribution in [0.3, 0.4) is 0 Å². The third-order valence-electron chi connectivity index (χ3n) is 4.65. The van der Waals surface area contributed by atoms with E-state index in [0.29, 0.717) is 18.3 Å². The van der Waals surface area contributed by atoms with Crippen molar-refractivity contribution in [3.63, 3.8) is 0 Å². The second-order valence-electron chi connectivity index (χ2n) is 6.60. The van der Waals surface area contributed by atoms with Crippen molar-refractivity contribution < 1.29 is 9.32 Å². The van der Waals surface area contributed by atoms with E-state index in [1.165, 1.54) is 24.1 Å². The predicted molar refractivity (Wildman–Crippen MR) is 96.5 cm³/mol. The van der Waals surface area contributed by atoms with E-state index in [1.54, 1.807) is 30.4 Å². The first-order valence-electron chi connectivity index (χ1n) is 8.97. The topological polar surface area (TPSA) is 113 Å². The number of hydrogen-bond donors (Lipinski definition) is 2. The Balaban J connectivity index is 1.33. The molecule has 0 unspecified atom stereocenters. The first-order valence-corrected chi connectivity index (χ1v) is 8.97. The quantitative estimate of drug-likeness (QED) is 0.714. The van der Waals surface area contributed by atoms with Crippen LogP contribution >= 0.6 is 0 Å². The van der Waals surface area contributed by atoms with Crippen LogP contribution < -0.4 is 5.32 Å². The Bertz CT molecular complexity index is 919. The molecule has 0 spiro atoms. The van der Waals surface area contributed by atoms with E-state index in [9.17, 15) is 4.79 Å². The molecule has 3 heterocycles. The number of H-pyrrole nitrogens is 1. The van der Waals surface area contributed by atoms with Crippen molar-refractivity contribution in [2.45, 2.75) is 38.8 Å². The second-order valence-corrected chi connectivity index (χ2v) is 6.60. The van der Waals surface area contributed by atoms with E-state index in [1.807, 2.05) is 6.07 Å². The molecular weight excluding hydrogens is 346 g/mol. The summed E-state index contributed by atoms with van der Waals surface area (Å²) in [4.78, 5) is 22.3. The van der Waals surface area contributed by atoms with Gasteiger partial charge in [0.2, 0.25) is 11.7 Å². The summed E-state index contributed by atoms with van der Waals surface area (Å²) in [6.07, 6.45) is 7.76. The molecule has 2 N–H and O–H groups in total. The highest BCUT2D eigenvalue weighted by Crippen LogP contribution is 2.22. The summed E-state index contributed by atoms with van der Waals surface area (Å²) < 4.78 is 5.19. The van der Waals surface area contributed by atoms with E-state index in [4.69, 9.17) is 4.52 Å².